The van der Waals surface area contributed by atoms with Crippen LogP contribution in [0.15, 0.2) is 47.4 Å². The minimum atomic E-state index is -4.12. The Morgan fingerprint density at radius 1 is 1.06 bits per heavy atom. The topological polar surface area (TPSA) is 96.5 Å². The average molecular weight is 536 g/mol. The first kappa shape index (κ1) is 26.2. The third-order valence-electron chi connectivity index (χ3n) is 6.67. The van der Waals surface area contributed by atoms with Gasteiger partial charge in [0.2, 0.25) is 21.8 Å². The molecule has 0 bridgehead atoms. The number of rotatable bonds is 7. The lowest BCUT2D eigenvalue weighted by molar-refractivity contribution is -0.166. The van der Waals surface area contributed by atoms with Crippen LogP contribution in [0.25, 0.3) is 0 Å². The highest BCUT2D eigenvalue weighted by Gasteiger charge is 2.51. The summed E-state index contributed by atoms with van der Waals surface area (Å²) in [6, 6.07) is 10.6. The summed E-state index contributed by atoms with van der Waals surface area (Å²) in [5.74, 6) is 0.0784. The molecule has 4 rings (SSSR count). The molecule has 2 amide bonds. The number of piperazine rings is 1. The van der Waals surface area contributed by atoms with Crippen molar-refractivity contribution in [1.82, 2.24) is 14.1 Å². The first-order valence-corrected chi connectivity index (χ1v) is 13.5. The van der Waals surface area contributed by atoms with Crippen LogP contribution in [-0.2, 0) is 26.0 Å². The summed E-state index contributed by atoms with van der Waals surface area (Å²) in [5, 5.41) is 0.564. The number of amides is 2. The molecule has 2 aliphatic rings. The Labute approximate surface area is 216 Å². The van der Waals surface area contributed by atoms with Gasteiger partial charge in [-0.15, -0.1) is 0 Å². The number of fused-ring (bicyclic) bond motifs is 1. The summed E-state index contributed by atoms with van der Waals surface area (Å²) in [4.78, 5) is 29.8. The van der Waals surface area contributed by atoms with Crippen LogP contribution in [0, 0.1) is 0 Å². The fourth-order valence-electron chi connectivity index (χ4n) is 4.81. The zero-order chi connectivity index (χ0) is 26.2. The van der Waals surface area contributed by atoms with Gasteiger partial charge in [0.25, 0.3) is 0 Å². The van der Waals surface area contributed by atoms with Crippen LogP contribution in [0.4, 0.5) is 0 Å². The third kappa shape index (κ3) is 4.77. The van der Waals surface area contributed by atoms with Crippen molar-refractivity contribution in [3.8, 4) is 11.5 Å². The number of halogens is 1. The predicted octanol–water partition coefficient (Wildman–Crippen LogP) is 2.77. The molecule has 0 aliphatic carbocycles. The summed E-state index contributed by atoms with van der Waals surface area (Å²) >= 11 is 6.02. The van der Waals surface area contributed by atoms with Gasteiger partial charge in [0.1, 0.15) is 28.6 Å². The molecular formula is C25H30ClN3O6S. The van der Waals surface area contributed by atoms with Crippen molar-refractivity contribution in [1.29, 1.82) is 0 Å². The molecule has 2 aliphatic heterocycles. The van der Waals surface area contributed by atoms with Crippen LogP contribution in [0.3, 0.4) is 0 Å². The minimum Gasteiger partial charge on any atom is -0.497 e. The number of hydrogen-bond donors (Lipinski definition) is 0. The highest BCUT2D eigenvalue weighted by Crippen LogP contribution is 2.36. The third-order valence-corrected chi connectivity index (χ3v) is 8.84. The highest BCUT2D eigenvalue weighted by atomic mass is 35.5. The van der Waals surface area contributed by atoms with Gasteiger partial charge in [0, 0.05) is 36.5 Å². The largest absolute Gasteiger partial charge is 0.497 e. The van der Waals surface area contributed by atoms with Crippen molar-refractivity contribution >= 4 is 33.4 Å². The molecule has 194 valence electrons. The van der Waals surface area contributed by atoms with Gasteiger partial charge in [-0.2, -0.15) is 4.31 Å². The zero-order valence-corrected chi connectivity index (χ0v) is 22.3. The first-order chi connectivity index (χ1) is 17.1. The van der Waals surface area contributed by atoms with E-state index < -0.39 is 22.2 Å². The molecule has 2 unspecified atom stereocenters. The van der Waals surface area contributed by atoms with Crippen LogP contribution < -0.4 is 9.47 Å². The van der Waals surface area contributed by atoms with Gasteiger partial charge >= 0.3 is 0 Å². The van der Waals surface area contributed by atoms with Gasteiger partial charge in [0.05, 0.1) is 20.8 Å². The predicted molar refractivity (Wildman–Crippen MR) is 134 cm³/mol. The zero-order valence-electron chi connectivity index (χ0n) is 20.7. The summed E-state index contributed by atoms with van der Waals surface area (Å²) in [7, 11) is -1.27. The van der Waals surface area contributed by atoms with Crippen LogP contribution in [0.1, 0.15) is 25.8 Å². The molecule has 0 N–H and O–H groups in total. The fourth-order valence-corrected chi connectivity index (χ4v) is 6.68. The maximum absolute atomic E-state index is 14.0. The molecule has 2 fully saturated rings. The van der Waals surface area contributed by atoms with Gasteiger partial charge in [-0.05, 0) is 43.7 Å². The molecule has 2 aromatic rings. The maximum atomic E-state index is 14.0. The summed E-state index contributed by atoms with van der Waals surface area (Å²) in [6.07, 6.45) is -0.643. The Morgan fingerprint density at radius 3 is 2.36 bits per heavy atom. The van der Waals surface area contributed by atoms with E-state index in [0.29, 0.717) is 10.8 Å². The van der Waals surface area contributed by atoms with E-state index in [4.69, 9.17) is 21.1 Å². The van der Waals surface area contributed by atoms with E-state index in [1.807, 2.05) is 26.0 Å². The Hall–Kier alpha value is -2.82. The van der Waals surface area contributed by atoms with Crippen LogP contribution in [0.5, 0.6) is 11.5 Å². The Bertz CT molecular complexity index is 1250. The lowest BCUT2D eigenvalue weighted by Gasteiger charge is -2.52. The van der Waals surface area contributed by atoms with Crippen LogP contribution in [0.2, 0.25) is 5.02 Å². The second kappa shape index (κ2) is 10.3. The summed E-state index contributed by atoms with van der Waals surface area (Å²) in [5.41, 5.74) is 0.823. The van der Waals surface area contributed by atoms with Crippen molar-refractivity contribution < 1.29 is 27.5 Å². The fraction of sp³-hybridized carbons (Fsp3) is 0.440. The molecular weight excluding hydrogens is 506 g/mol. The molecule has 0 saturated carbocycles. The summed E-state index contributed by atoms with van der Waals surface area (Å²) in [6.45, 7) is 3.82. The van der Waals surface area contributed by atoms with E-state index >= 15 is 0 Å². The smallest absolute Gasteiger partial charge is 0.248 e. The minimum absolute atomic E-state index is 0.00348. The SMILES string of the molecule is COc1ccc(OC)c(S(=O)(=O)N2CCC(=O)N3C(Cc4ccc(Cl)cc4)C(=O)N(C(C)C)CC32)c1. The molecule has 0 radical (unpaired) electrons. The van der Waals surface area contributed by atoms with Crippen molar-refractivity contribution in [2.45, 2.75) is 49.8 Å². The number of carbonyl (C=O) groups excluding carboxylic acids is 2. The van der Waals surface area contributed by atoms with E-state index in [1.54, 1.807) is 23.1 Å². The molecule has 11 heteroatoms. The van der Waals surface area contributed by atoms with Crippen molar-refractivity contribution in [3.63, 3.8) is 0 Å². The molecule has 2 atom stereocenters. The van der Waals surface area contributed by atoms with Gasteiger partial charge in [-0.1, -0.05) is 23.7 Å². The maximum Gasteiger partial charge on any atom is 0.248 e. The van der Waals surface area contributed by atoms with E-state index in [-0.39, 0.29) is 54.4 Å². The number of carbonyl (C=O) groups is 2. The van der Waals surface area contributed by atoms with E-state index in [2.05, 4.69) is 0 Å². The number of benzene rings is 2. The number of sulfonamides is 1. The Morgan fingerprint density at radius 2 is 1.75 bits per heavy atom. The second-order valence-corrected chi connectivity index (χ2v) is 11.4. The lowest BCUT2D eigenvalue weighted by atomic mass is 9.97. The monoisotopic (exact) mass is 535 g/mol. The van der Waals surface area contributed by atoms with E-state index in [9.17, 15) is 18.0 Å². The number of ether oxygens (including phenoxy) is 2. The molecule has 2 aromatic carbocycles. The molecule has 0 spiro atoms. The van der Waals surface area contributed by atoms with E-state index in [0.717, 1.165) is 5.56 Å². The van der Waals surface area contributed by atoms with Gasteiger partial charge in [-0.3, -0.25) is 9.59 Å². The van der Waals surface area contributed by atoms with Crippen molar-refractivity contribution in [2.75, 3.05) is 27.3 Å². The second-order valence-electron chi connectivity index (χ2n) is 9.09. The molecule has 2 heterocycles. The average Bonchev–Trinajstić information content (AvgIpc) is 2.86. The van der Waals surface area contributed by atoms with Crippen LogP contribution >= 0.6 is 11.6 Å². The number of nitrogens with zero attached hydrogens (tertiary/aromatic N) is 3. The Balaban J connectivity index is 1.78. The van der Waals surface area contributed by atoms with Gasteiger partial charge in [-0.25, -0.2) is 8.42 Å². The number of methoxy groups -OCH3 is 2. The standard InChI is InChI=1S/C25H30ClN3O6S/c1-16(2)27-15-23-28(36(32,33)22-14-19(34-3)9-10-21(22)35-4)12-11-24(30)29(23)20(25(27)31)13-17-5-7-18(26)8-6-17/h5-10,14,16,20,23H,11-13,15H2,1-4H3. The first-order valence-electron chi connectivity index (χ1n) is 11.7. The Kier molecular flexibility index (Phi) is 7.49. The molecule has 2 saturated heterocycles. The normalized spacial score (nSPS) is 21.1. The quantitative estimate of drug-likeness (QED) is 0.541. The molecule has 9 nitrogen and oxygen atoms in total. The molecule has 36 heavy (non-hydrogen) atoms. The van der Waals surface area contributed by atoms with Gasteiger partial charge < -0.3 is 19.3 Å². The van der Waals surface area contributed by atoms with E-state index in [1.165, 1.54) is 35.6 Å². The summed E-state index contributed by atoms with van der Waals surface area (Å²) < 4.78 is 39.9. The highest BCUT2D eigenvalue weighted by molar-refractivity contribution is 7.89. The van der Waals surface area contributed by atoms with Crippen LogP contribution in [-0.4, -0.2) is 79.9 Å². The molecule has 0 aromatic heterocycles. The van der Waals surface area contributed by atoms with Gasteiger partial charge in [0.15, 0.2) is 0 Å². The number of hydrogen-bond acceptors (Lipinski definition) is 6. The van der Waals surface area contributed by atoms with Crippen molar-refractivity contribution in [3.05, 3.63) is 53.1 Å². The van der Waals surface area contributed by atoms with Crippen molar-refractivity contribution in [2.24, 2.45) is 0 Å². The lowest BCUT2D eigenvalue weighted by Crippen LogP contribution is -2.72.